The Morgan fingerprint density at radius 2 is 1.74 bits per heavy atom. The van der Waals surface area contributed by atoms with E-state index in [0.717, 1.165) is 31.3 Å². The summed E-state index contributed by atoms with van der Waals surface area (Å²) >= 11 is 0. The van der Waals surface area contributed by atoms with Crippen LogP contribution in [0.2, 0.25) is 0 Å². The van der Waals surface area contributed by atoms with Crippen molar-refractivity contribution in [1.82, 2.24) is 0 Å². The molecule has 2 saturated carbocycles. The van der Waals surface area contributed by atoms with Crippen molar-refractivity contribution in [3.8, 4) is 0 Å². The minimum atomic E-state index is -0.931. The van der Waals surface area contributed by atoms with Crippen LogP contribution in [0.25, 0.3) is 0 Å². The fourth-order valence-corrected chi connectivity index (χ4v) is 7.20. The molecule has 2 rings (SSSR count). The Kier molecular flexibility index (Phi) is 10.8. The zero-order chi connectivity index (χ0) is 29.1. The topological polar surface area (TPSA) is 54.4 Å². The third-order valence-corrected chi connectivity index (χ3v) is 10.2. The Labute approximate surface area is 233 Å². The van der Waals surface area contributed by atoms with Crippen molar-refractivity contribution in [3.05, 3.63) is 49.1 Å². The summed E-state index contributed by atoms with van der Waals surface area (Å²) in [6.45, 7) is 29.3. The van der Waals surface area contributed by atoms with Gasteiger partial charge in [-0.05, 0) is 85.0 Å². The van der Waals surface area contributed by atoms with Crippen molar-refractivity contribution >= 4 is 11.6 Å². The molecule has 0 bridgehead atoms. The molecule has 214 valence electrons. The predicted octanol–water partition coefficient (Wildman–Crippen LogP) is 8.69. The first-order valence-electron chi connectivity index (χ1n) is 14.9. The molecule has 3 nitrogen and oxygen atoms in total. The first-order chi connectivity index (χ1) is 17.5. The highest BCUT2D eigenvalue weighted by Gasteiger charge is 2.71. The first kappa shape index (κ1) is 32.5. The molecule has 0 saturated heterocycles. The predicted molar refractivity (Wildman–Crippen MR) is 161 cm³/mol. The lowest BCUT2D eigenvalue weighted by Crippen LogP contribution is -2.50. The summed E-state index contributed by atoms with van der Waals surface area (Å²) in [4.78, 5) is 27.2. The van der Waals surface area contributed by atoms with Crippen LogP contribution in [0.4, 0.5) is 0 Å². The molecule has 6 unspecified atom stereocenters. The van der Waals surface area contributed by atoms with Crippen molar-refractivity contribution in [2.75, 3.05) is 0 Å². The molecule has 0 aromatic carbocycles. The van der Waals surface area contributed by atoms with E-state index in [1.54, 1.807) is 0 Å². The molecule has 2 fully saturated rings. The summed E-state index contributed by atoms with van der Waals surface area (Å²) in [5.74, 6) is 0.666. The maximum atomic E-state index is 14.1. The van der Waals surface area contributed by atoms with Crippen LogP contribution in [-0.4, -0.2) is 22.3 Å². The molecule has 0 radical (unpaired) electrons. The van der Waals surface area contributed by atoms with Crippen LogP contribution in [0.1, 0.15) is 107 Å². The molecule has 2 aliphatic carbocycles. The molecular weight excluding hydrogens is 468 g/mol. The number of Topliss-reactive ketones (excluding diaryl/α,β-unsaturated/α-hetero) is 2. The van der Waals surface area contributed by atoms with Gasteiger partial charge in [-0.25, -0.2) is 0 Å². The highest BCUT2D eigenvalue weighted by atomic mass is 16.3. The number of allylic oxidation sites excluding steroid dienone is 5. The van der Waals surface area contributed by atoms with Crippen LogP contribution in [0, 0.1) is 46.3 Å². The number of ketones is 2. The van der Waals surface area contributed by atoms with E-state index in [2.05, 4.69) is 68.2 Å². The summed E-state index contributed by atoms with van der Waals surface area (Å²) in [5.41, 5.74) is 0.785. The third kappa shape index (κ3) is 7.26. The maximum absolute atomic E-state index is 14.1. The molecule has 1 N–H and O–H groups in total. The zero-order valence-electron chi connectivity index (χ0n) is 25.7. The molecule has 0 aromatic heterocycles. The van der Waals surface area contributed by atoms with Gasteiger partial charge < -0.3 is 5.11 Å². The fraction of sp³-hybridized carbons (Fsp3) is 0.714. The number of rotatable bonds is 16. The Bertz CT molecular complexity index is 925. The molecule has 7 atom stereocenters. The fourth-order valence-electron chi connectivity index (χ4n) is 7.20. The minimum absolute atomic E-state index is 0.0403. The van der Waals surface area contributed by atoms with Crippen LogP contribution in [0.3, 0.4) is 0 Å². The van der Waals surface area contributed by atoms with Crippen LogP contribution < -0.4 is 0 Å². The van der Waals surface area contributed by atoms with E-state index in [1.165, 1.54) is 0 Å². The molecule has 0 aromatic rings. The molecule has 2 aliphatic rings. The van der Waals surface area contributed by atoms with Crippen molar-refractivity contribution in [3.63, 3.8) is 0 Å². The second-order valence-corrected chi connectivity index (χ2v) is 14.2. The van der Waals surface area contributed by atoms with Crippen LogP contribution in [0.5, 0.6) is 0 Å². The lowest BCUT2D eigenvalue weighted by Gasteiger charge is -2.46. The van der Waals surface area contributed by atoms with E-state index < -0.39 is 5.60 Å². The summed E-state index contributed by atoms with van der Waals surface area (Å²) in [6.07, 6.45) is 11.6. The average Bonchev–Trinajstić information content (AvgIpc) is 3.16. The molecule has 0 amide bonds. The Morgan fingerprint density at radius 1 is 1.11 bits per heavy atom. The van der Waals surface area contributed by atoms with Gasteiger partial charge in [-0.2, -0.15) is 0 Å². The smallest absolute Gasteiger partial charge is 0.158 e. The van der Waals surface area contributed by atoms with Crippen molar-refractivity contribution in [1.29, 1.82) is 0 Å². The van der Waals surface area contributed by atoms with Crippen LogP contribution in [-0.2, 0) is 9.59 Å². The van der Waals surface area contributed by atoms with Gasteiger partial charge in [0.25, 0.3) is 0 Å². The highest BCUT2D eigenvalue weighted by molar-refractivity contribution is 5.96. The average molecular weight is 525 g/mol. The lowest BCUT2D eigenvalue weighted by atomic mass is 9.62. The Hall–Kier alpha value is -1.74. The van der Waals surface area contributed by atoms with E-state index in [4.69, 9.17) is 0 Å². The molecule has 0 aliphatic heterocycles. The minimum Gasteiger partial charge on any atom is -0.390 e. The van der Waals surface area contributed by atoms with Crippen LogP contribution in [0.15, 0.2) is 49.1 Å². The number of hydrogen-bond donors (Lipinski definition) is 1. The van der Waals surface area contributed by atoms with Crippen LogP contribution >= 0.6 is 0 Å². The zero-order valence-corrected chi connectivity index (χ0v) is 25.7. The number of fused-ring (bicyclic) bond motifs is 1. The van der Waals surface area contributed by atoms with Crippen molar-refractivity contribution in [2.45, 2.75) is 112 Å². The summed E-state index contributed by atoms with van der Waals surface area (Å²) < 4.78 is 0. The van der Waals surface area contributed by atoms with E-state index in [0.29, 0.717) is 43.1 Å². The SMILES string of the molecule is C=CCCC(CC(=O)C1C2C(CC1C(C)(O)[C@@H](C)C(C)(C)C)C2(C)C)C(=C)C(=O)CC/C=C/C(=C)CCC. The van der Waals surface area contributed by atoms with E-state index in [9.17, 15) is 14.7 Å². The van der Waals surface area contributed by atoms with Crippen molar-refractivity contribution in [2.24, 2.45) is 46.3 Å². The van der Waals surface area contributed by atoms with Gasteiger partial charge in [0.15, 0.2) is 5.78 Å². The van der Waals surface area contributed by atoms with Gasteiger partial charge >= 0.3 is 0 Å². The summed E-state index contributed by atoms with van der Waals surface area (Å²) in [6, 6.07) is 0. The van der Waals surface area contributed by atoms with E-state index >= 15 is 0 Å². The van der Waals surface area contributed by atoms with Gasteiger partial charge in [-0.1, -0.05) is 91.8 Å². The molecule has 3 heteroatoms. The maximum Gasteiger partial charge on any atom is 0.158 e. The van der Waals surface area contributed by atoms with Gasteiger partial charge in [0.2, 0.25) is 0 Å². The van der Waals surface area contributed by atoms with E-state index in [1.807, 2.05) is 25.2 Å². The first-order valence-corrected chi connectivity index (χ1v) is 14.9. The summed E-state index contributed by atoms with van der Waals surface area (Å²) in [5, 5.41) is 11.9. The second-order valence-electron chi connectivity index (χ2n) is 14.2. The summed E-state index contributed by atoms with van der Waals surface area (Å²) in [7, 11) is 0. The number of hydrogen-bond acceptors (Lipinski definition) is 3. The molecule has 0 spiro atoms. The van der Waals surface area contributed by atoms with E-state index in [-0.39, 0.29) is 46.1 Å². The van der Waals surface area contributed by atoms with Gasteiger partial charge in [0.1, 0.15) is 5.78 Å². The van der Waals surface area contributed by atoms with Gasteiger partial charge in [-0.15, -0.1) is 6.58 Å². The monoisotopic (exact) mass is 524 g/mol. The lowest BCUT2D eigenvalue weighted by molar-refractivity contribution is -0.138. The quantitative estimate of drug-likeness (QED) is 0.125. The van der Waals surface area contributed by atoms with Gasteiger partial charge in [0, 0.05) is 18.8 Å². The third-order valence-electron chi connectivity index (χ3n) is 10.2. The normalized spacial score (nSPS) is 27.3. The van der Waals surface area contributed by atoms with Gasteiger partial charge in [-0.3, -0.25) is 9.59 Å². The Morgan fingerprint density at radius 3 is 2.29 bits per heavy atom. The molecular formula is C35H56O3. The standard InChI is InChI=1S/C35H56O3/c1-12-14-19-26(24(4)29(36)20-16-15-18-23(3)17-13-2)21-30(37)31-27(22-28-32(31)34(28,9)10)35(11,38)25(5)33(6,7)8/h12,15,18,25-28,31-32,38H,1,3-4,13-14,16-17,19-22H2,2,5-11H3/b18-15+/t25-,26?,27?,28?,31?,32?,35?/m0/s1. The highest BCUT2D eigenvalue weighted by Crippen LogP contribution is 2.72. The Balaban J connectivity index is 2.19. The number of carbonyl (C=O) groups excluding carboxylic acids is 2. The molecule has 38 heavy (non-hydrogen) atoms. The number of aliphatic hydroxyl groups is 1. The number of carbonyl (C=O) groups is 2. The molecule has 0 heterocycles. The van der Waals surface area contributed by atoms with Gasteiger partial charge in [0.05, 0.1) is 5.60 Å². The second kappa shape index (κ2) is 12.6. The largest absolute Gasteiger partial charge is 0.390 e. The van der Waals surface area contributed by atoms with Crippen molar-refractivity contribution < 1.29 is 14.7 Å².